The van der Waals surface area contributed by atoms with Gasteiger partial charge in [-0.2, -0.15) is 0 Å². The van der Waals surface area contributed by atoms with Crippen LogP contribution in [-0.4, -0.2) is 48.0 Å². The molecule has 2 rings (SSSR count). The van der Waals surface area contributed by atoms with Crippen LogP contribution >= 0.6 is 0 Å². The lowest BCUT2D eigenvalue weighted by molar-refractivity contribution is -0.927. The van der Waals surface area contributed by atoms with E-state index in [4.69, 9.17) is 0 Å². The molecule has 1 aliphatic rings. The molecule has 0 spiro atoms. The summed E-state index contributed by atoms with van der Waals surface area (Å²) in [5.74, 6) is 0.139. The summed E-state index contributed by atoms with van der Waals surface area (Å²) in [6, 6.07) is 4.27. The predicted molar refractivity (Wildman–Crippen MR) is 70.6 cm³/mol. The van der Waals surface area contributed by atoms with Gasteiger partial charge < -0.3 is 9.80 Å². The number of quaternary nitrogens is 1. The smallest absolute Gasteiger partial charge is 0.254 e. The Bertz CT molecular complexity index is 385. The standard InChI is InChI=1S/C14H21N3O/c1-3-12(2)16-8-10-17(11-9-16)14(18)13-4-6-15-7-5-13/h4-7,12H,3,8-11H2,1-2H3/p+1/t12-/m1/s1. The minimum Gasteiger partial charge on any atom is -0.330 e. The largest absolute Gasteiger partial charge is 0.330 e. The minimum atomic E-state index is 0.139. The second-order valence-electron chi connectivity index (χ2n) is 5.00. The highest BCUT2D eigenvalue weighted by atomic mass is 16.2. The Hall–Kier alpha value is -1.42. The summed E-state index contributed by atoms with van der Waals surface area (Å²) in [6.45, 7) is 8.36. The number of hydrogen-bond acceptors (Lipinski definition) is 2. The second kappa shape index (κ2) is 5.96. The van der Waals surface area contributed by atoms with Crippen LogP contribution in [0.25, 0.3) is 0 Å². The van der Waals surface area contributed by atoms with Crippen LogP contribution in [0.1, 0.15) is 30.6 Å². The first-order chi connectivity index (χ1) is 8.72. The number of nitrogens with one attached hydrogen (secondary N) is 1. The van der Waals surface area contributed by atoms with Gasteiger partial charge in [0, 0.05) is 18.0 Å². The molecule has 0 bridgehead atoms. The summed E-state index contributed by atoms with van der Waals surface area (Å²) < 4.78 is 0. The fraction of sp³-hybridized carbons (Fsp3) is 0.571. The van der Waals surface area contributed by atoms with Crippen LogP contribution in [0.4, 0.5) is 0 Å². The molecule has 18 heavy (non-hydrogen) atoms. The molecule has 1 aliphatic heterocycles. The van der Waals surface area contributed by atoms with Crippen LogP contribution in [0.5, 0.6) is 0 Å². The van der Waals surface area contributed by atoms with Gasteiger partial charge in [-0.15, -0.1) is 0 Å². The van der Waals surface area contributed by atoms with Crippen molar-refractivity contribution in [1.82, 2.24) is 9.88 Å². The second-order valence-corrected chi connectivity index (χ2v) is 5.00. The van der Waals surface area contributed by atoms with Crippen LogP contribution < -0.4 is 4.90 Å². The van der Waals surface area contributed by atoms with E-state index in [1.807, 2.05) is 4.90 Å². The van der Waals surface area contributed by atoms with Gasteiger partial charge in [-0.1, -0.05) is 6.92 Å². The number of amides is 1. The topological polar surface area (TPSA) is 37.6 Å². The summed E-state index contributed by atoms with van der Waals surface area (Å²) in [5, 5.41) is 0. The summed E-state index contributed by atoms with van der Waals surface area (Å²) in [6.07, 6.45) is 4.55. The van der Waals surface area contributed by atoms with Gasteiger partial charge in [-0.3, -0.25) is 9.78 Å². The fourth-order valence-electron chi connectivity index (χ4n) is 2.46. The SMILES string of the molecule is CC[C@@H](C)[NH+]1CCN(C(=O)c2ccncc2)CC1. The van der Waals surface area contributed by atoms with Crippen molar-refractivity contribution < 1.29 is 9.69 Å². The average molecular weight is 248 g/mol. The van der Waals surface area contributed by atoms with Crippen molar-refractivity contribution in [2.75, 3.05) is 26.2 Å². The Morgan fingerprint density at radius 1 is 1.39 bits per heavy atom. The van der Waals surface area contributed by atoms with Crippen LogP contribution in [-0.2, 0) is 0 Å². The zero-order valence-electron chi connectivity index (χ0n) is 11.2. The number of rotatable bonds is 3. The van der Waals surface area contributed by atoms with Crippen molar-refractivity contribution in [2.45, 2.75) is 26.3 Å². The quantitative estimate of drug-likeness (QED) is 0.831. The maximum Gasteiger partial charge on any atom is 0.254 e. The van der Waals surface area contributed by atoms with Crippen molar-refractivity contribution >= 4 is 5.91 Å². The van der Waals surface area contributed by atoms with E-state index in [9.17, 15) is 4.79 Å². The van der Waals surface area contributed by atoms with E-state index in [0.717, 1.165) is 31.7 Å². The van der Waals surface area contributed by atoms with Crippen molar-refractivity contribution in [3.63, 3.8) is 0 Å². The van der Waals surface area contributed by atoms with Gasteiger partial charge in [0.15, 0.2) is 0 Å². The minimum absolute atomic E-state index is 0.139. The fourth-order valence-corrected chi connectivity index (χ4v) is 2.46. The zero-order valence-corrected chi connectivity index (χ0v) is 11.2. The van der Waals surface area contributed by atoms with E-state index < -0.39 is 0 Å². The Balaban J connectivity index is 1.92. The number of aromatic nitrogens is 1. The number of nitrogens with zero attached hydrogens (tertiary/aromatic N) is 2. The zero-order chi connectivity index (χ0) is 13.0. The van der Waals surface area contributed by atoms with Crippen LogP contribution in [0.3, 0.4) is 0 Å². The van der Waals surface area contributed by atoms with Crippen LogP contribution in [0.2, 0.25) is 0 Å². The summed E-state index contributed by atoms with van der Waals surface area (Å²) in [7, 11) is 0. The first kappa shape index (κ1) is 13.0. The predicted octanol–water partition coefficient (Wildman–Crippen LogP) is 0.221. The molecule has 0 saturated carbocycles. The molecule has 1 N–H and O–H groups in total. The third-order valence-electron chi connectivity index (χ3n) is 3.93. The van der Waals surface area contributed by atoms with Crippen LogP contribution in [0.15, 0.2) is 24.5 Å². The first-order valence-corrected chi connectivity index (χ1v) is 6.76. The molecular weight excluding hydrogens is 226 g/mol. The molecule has 98 valence electrons. The summed E-state index contributed by atoms with van der Waals surface area (Å²) in [5.41, 5.74) is 0.747. The van der Waals surface area contributed by atoms with E-state index in [1.165, 1.54) is 6.42 Å². The average Bonchev–Trinajstić information content (AvgIpc) is 2.47. The van der Waals surface area contributed by atoms with Crippen molar-refractivity contribution in [1.29, 1.82) is 0 Å². The third kappa shape index (κ3) is 2.88. The normalized spacial score (nSPS) is 18.7. The van der Waals surface area contributed by atoms with Gasteiger partial charge in [-0.05, 0) is 25.5 Å². The van der Waals surface area contributed by atoms with E-state index in [0.29, 0.717) is 6.04 Å². The first-order valence-electron chi connectivity index (χ1n) is 6.76. The van der Waals surface area contributed by atoms with Gasteiger partial charge in [-0.25, -0.2) is 0 Å². The molecule has 1 atom stereocenters. The van der Waals surface area contributed by atoms with E-state index in [1.54, 1.807) is 29.4 Å². The number of piperazine rings is 1. The number of pyridine rings is 1. The summed E-state index contributed by atoms with van der Waals surface area (Å²) >= 11 is 0. The Labute approximate surface area is 109 Å². The molecule has 0 radical (unpaired) electrons. The molecule has 4 heteroatoms. The maximum absolute atomic E-state index is 12.2. The van der Waals surface area contributed by atoms with Gasteiger partial charge in [0.05, 0.1) is 32.2 Å². The molecule has 1 fully saturated rings. The maximum atomic E-state index is 12.2. The van der Waals surface area contributed by atoms with Crippen molar-refractivity contribution in [2.24, 2.45) is 0 Å². The van der Waals surface area contributed by atoms with Gasteiger partial charge in [0.1, 0.15) is 0 Å². The van der Waals surface area contributed by atoms with Gasteiger partial charge in [0.25, 0.3) is 5.91 Å². The molecule has 0 aliphatic carbocycles. The van der Waals surface area contributed by atoms with Crippen molar-refractivity contribution in [3.05, 3.63) is 30.1 Å². The monoisotopic (exact) mass is 248 g/mol. The lowest BCUT2D eigenvalue weighted by atomic mass is 10.1. The Morgan fingerprint density at radius 3 is 2.56 bits per heavy atom. The van der Waals surface area contributed by atoms with E-state index in [2.05, 4.69) is 18.8 Å². The highest BCUT2D eigenvalue weighted by Gasteiger charge is 2.26. The number of carbonyl (C=O) groups excluding carboxylic acids is 1. The van der Waals surface area contributed by atoms with Gasteiger partial charge in [0.2, 0.25) is 0 Å². The molecule has 2 heterocycles. The Kier molecular flexibility index (Phi) is 4.31. The molecule has 1 aromatic rings. The van der Waals surface area contributed by atoms with Gasteiger partial charge >= 0.3 is 0 Å². The third-order valence-corrected chi connectivity index (χ3v) is 3.93. The number of hydrogen-bond donors (Lipinski definition) is 1. The number of carbonyl (C=O) groups is 1. The van der Waals surface area contributed by atoms with Crippen LogP contribution in [0, 0.1) is 0 Å². The van der Waals surface area contributed by atoms with E-state index in [-0.39, 0.29) is 5.91 Å². The lowest BCUT2D eigenvalue weighted by Gasteiger charge is -2.35. The summed E-state index contributed by atoms with van der Waals surface area (Å²) in [4.78, 5) is 19.8. The Morgan fingerprint density at radius 2 is 2.00 bits per heavy atom. The van der Waals surface area contributed by atoms with Crippen molar-refractivity contribution in [3.8, 4) is 0 Å². The molecule has 1 saturated heterocycles. The molecule has 4 nitrogen and oxygen atoms in total. The molecule has 0 aromatic carbocycles. The molecule has 1 amide bonds. The lowest BCUT2D eigenvalue weighted by Crippen LogP contribution is -3.17. The highest BCUT2D eigenvalue weighted by molar-refractivity contribution is 5.94. The van der Waals surface area contributed by atoms with E-state index >= 15 is 0 Å². The molecule has 1 aromatic heterocycles. The molecular formula is C14H22N3O+. The molecule has 0 unspecified atom stereocenters. The highest BCUT2D eigenvalue weighted by Crippen LogP contribution is 2.03.